The molecule has 1 saturated heterocycles. The van der Waals surface area contributed by atoms with Crippen molar-refractivity contribution in [1.29, 1.82) is 0 Å². The van der Waals surface area contributed by atoms with Crippen LogP contribution in [0.2, 0.25) is 0 Å². The van der Waals surface area contributed by atoms with E-state index in [1.165, 1.54) is 25.1 Å². The highest BCUT2D eigenvalue weighted by atomic mass is 15.1. The Kier molecular flexibility index (Phi) is 2.50. The molecular formula is C9H17N. The van der Waals surface area contributed by atoms with Gasteiger partial charge in [0.05, 0.1) is 0 Å². The smallest absolute Gasteiger partial charge is 0.0193 e. The maximum atomic E-state index is 4.03. The maximum absolute atomic E-state index is 4.03. The molecule has 0 saturated carbocycles. The lowest BCUT2D eigenvalue weighted by atomic mass is 10.1. The molecule has 0 N–H and O–H groups in total. The first-order valence-electron chi connectivity index (χ1n) is 4.14. The second-order valence-electron chi connectivity index (χ2n) is 3.29. The molecule has 0 amide bonds. The summed E-state index contributed by atoms with van der Waals surface area (Å²) in [5.74, 6) is 0.728. The van der Waals surface area contributed by atoms with Gasteiger partial charge in [-0.15, -0.1) is 0 Å². The minimum absolute atomic E-state index is 0.728. The molecule has 58 valence electrons. The number of hydrogen-bond donors (Lipinski definition) is 0. The predicted molar refractivity (Wildman–Crippen MR) is 45.0 cm³/mol. The van der Waals surface area contributed by atoms with E-state index in [4.69, 9.17) is 0 Å². The standard InChI is InChI=1S/C9H17N/c1-4-5-10-6-8(2)9(3)7-10/h9H,2,4-7H2,1,3H3. The molecule has 0 aromatic heterocycles. The van der Waals surface area contributed by atoms with E-state index in [0.717, 1.165) is 12.5 Å². The quantitative estimate of drug-likeness (QED) is 0.528. The topological polar surface area (TPSA) is 3.24 Å². The van der Waals surface area contributed by atoms with Gasteiger partial charge in [0.1, 0.15) is 0 Å². The first kappa shape index (κ1) is 7.80. The molecule has 0 aromatic rings. The van der Waals surface area contributed by atoms with Gasteiger partial charge in [-0.2, -0.15) is 0 Å². The molecule has 1 rings (SSSR count). The van der Waals surface area contributed by atoms with E-state index in [-0.39, 0.29) is 0 Å². The van der Waals surface area contributed by atoms with Gasteiger partial charge in [0.2, 0.25) is 0 Å². The Morgan fingerprint density at radius 1 is 1.70 bits per heavy atom. The Morgan fingerprint density at radius 2 is 2.40 bits per heavy atom. The van der Waals surface area contributed by atoms with Crippen molar-refractivity contribution in [1.82, 2.24) is 4.90 Å². The summed E-state index contributed by atoms with van der Waals surface area (Å²) in [5.41, 5.74) is 1.41. The summed E-state index contributed by atoms with van der Waals surface area (Å²) in [6.45, 7) is 12.1. The molecule has 1 unspecified atom stereocenters. The van der Waals surface area contributed by atoms with Crippen LogP contribution < -0.4 is 0 Å². The van der Waals surface area contributed by atoms with E-state index in [1.807, 2.05) is 0 Å². The predicted octanol–water partition coefficient (Wildman–Crippen LogP) is 1.90. The molecule has 1 fully saturated rings. The van der Waals surface area contributed by atoms with Gasteiger partial charge in [-0.1, -0.05) is 26.0 Å². The Balaban J connectivity index is 2.34. The zero-order chi connectivity index (χ0) is 7.56. The largest absolute Gasteiger partial charge is 0.299 e. The molecule has 0 radical (unpaired) electrons. The van der Waals surface area contributed by atoms with E-state index in [9.17, 15) is 0 Å². The number of rotatable bonds is 2. The zero-order valence-corrected chi connectivity index (χ0v) is 7.06. The van der Waals surface area contributed by atoms with Crippen molar-refractivity contribution in [3.05, 3.63) is 12.2 Å². The molecule has 1 heterocycles. The normalized spacial score (nSPS) is 27.8. The molecule has 1 aliphatic rings. The summed E-state index contributed by atoms with van der Waals surface area (Å²) in [4.78, 5) is 2.48. The van der Waals surface area contributed by atoms with E-state index in [1.54, 1.807) is 0 Å². The fraction of sp³-hybridized carbons (Fsp3) is 0.778. The molecule has 1 aliphatic heterocycles. The second-order valence-corrected chi connectivity index (χ2v) is 3.29. The highest BCUT2D eigenvalue weighted by Gasteiger charge is 2.20. The van der Waals surface area contributed by atoms with Crippen molar-refractivity contribution in [3.8, 4) is 0 Å². The molecular weight excluding hydrogens is 122 g/mol. The molecule has 1 nitrogen and oxygen atoms in total. The van der Waals surface area contributed by atoms with Gasteiger partial charge in [0.15, 0.2) is 0 Å². The Labute approximate surface area is 63.7 Å². The molecule has 1 heteroatoms. The Bertz CT molecular complexity index is 129. The maximum Gasteiger partial charge on any atom is 0.0193 e. The monoisotopic (exact) mass is 139 g/mol. The van der Waals surface area contributed by atoms with Crippen LogP contribution >= 0.6 is 0 Å². The SMILES string of the molecule is C=C1CN(CCC)CC1C. The van der Waals surface area contributed by atoms with Gasteiger partial charge in [-0.3, -0.25) is 4.90 Å². The van der Waals surface area contributed by atoms with Crippen molar-refractivity contribution < 1.29 is 0 Å². The molecule has 0 aliphatic carbocycles. The number of likely N-dealkylation sites (tertiary alicyclic amines) is 1. The van der Waals surface area contributed by atoms with E-state index >= 15 is 0 Å². The van der Waals surface area contributed by atoms with Crippen molar-refractivity contribution >= 4 is 0 Å². The van der Waals surface area contributed by atoms with Gasteiger partial charge in [-0.25, -0.2) is 0 Å². The second kappa shape index (κ2) is 3.20. The summed E-state index contributed by atoms with van der Waals surface area (Å²) < 4.78 is 0. The van der Waals surface area contributed by atoms with Gasteiger partial charge < -0.3 is 0 Å². The summed E-state index contributed by atoms with van der Waals surface area (Å²) in [7, 11) is 0. The fourth-order valence-electron chi connectivity index (χ4n) is 1.51. The number of nitrogens with zero attached hydrogens (tertiary/aromatic N) is 1. The Hall–Kier alpha value is -0.300. The fourth-order valence-corrected chi connectivity index (χ4v) is 1.51. The van der Waals surface area contributed by atoms with Crippen LogP contribution in [0.1, 0.15) is 20.3 Å². The summed E-state index contributed by atoms with van der Waals surface area (Å²) in [5, 5.41) is 0. The van der Waals surface area contributed by atoms with Gasteiger partial charge in [0, 0.05) is 13.1 Å². The van der Waals surface area contributed by atoms with Crippen LogP contribution in [0.3, 0.4) is 0 Å². The van der Waals surface area contributed by atoms with Crippen LogP contribution in [0, 0.1) is 5.92 Å². The lowest BCUT2D eigenvalue weighted by Crippen LogP contribution is -2.20. The van der Waals surface area contributed by atoms with Crippen LogP contribution in [0.5, 0.6) is 0 Å². The summed E-state index contributed by atoms with van der Waals surface area (Å²) in [6.07, 6.45) is 1.26. The van der Waals surface area contributed by atoms with Gasteiger partial charge in [0.25, 0.3) is 0 Å². The van der Waals surface area contributed by atoms with Crippen molar-refractivity contribution in [3.63, 3.8) is 0 Å². The average molecular weight is 139 g/mol. The molecule has 0 aromatic carbocycles. The lowest BCUT2D eigenvalue weighted by Gasteiger charge is -2.11. The average Bonchev–Trinajstić information content (AvgIpc) is 2.14. The third-order valence-electron chi connectivity index (χ3n) is 2.20. The Morgan fingerprint density at radius 3 is 2.80 bits per heavy atom. The third kappa shape index (κ3) is 1.60. The van der Waals surface area contributed by atoms with Gasteiger partial charge >= 0.3 is 0 Å². The van der Waals surface area contributed by atoms with Crippen LogP contribution in [0.4, 0.5) is 0 Å². The van der Waals surface area contributed by atoms with Crippen LogP contribution in [0.15, 0.2) is 12.2 Å². The van der Waals surface area contributed by atoms with E-state index in [2.05, 4.69) is 25.3 Å². The highest BCUT2D eigenvalue weighted by Crippen LogP contribution is 2.19. The van der Waals surface area contributed by atoms with Crippen LogP contribution in [0.25, 0.3) is 0 Å². The summed E-state index contributed by atoms with van der Waals surface area (Å²) in [6, 6.07) is 0. The van der Waals surface area contributed by atoms with E-state index < -0.39 is 0 Å². The van der Waals surface area contributed by atoms with Crippen LogP contribution in [-0.4, -0.2) is 24.5 Å². The molecule has 0 spiro atoms. The van der Waals surface area contributed by atoms with E-state index in [0.29, 0.717) is 0 Å². The van der Waals surface area contributed by atoms with Crippen LogP contribution in [-0.2, 0) is 0 Å². The third-order valence-corrected chi connectivity index (χ3v) is 2.20. The molecule has 1 atom stereocenters. The first-order valence-corrected chi connectivity index (χ1v) is 4.14. The first-order chi connectivity index (χ1) is 4.74. The van der Waals surface area contributed by atoms with Gasteiger partial charge in [-0.05, 0) is 18.9 Å². The summed E-state index contributed by atoms with van der Waals surface area (Å²) >= 11 is 0. The minimum Gasteiger partial charge on any atom is -0.299 e. The molecule has 0 bridgehead atoms. The van der Waals surface area contributed by atoms with Crippen molar-refractivity contribution in [2.45, 2.75) is 20.3 Å². The highest BCUT2D eigenvalue weighted by molar-refractivity contribution is 5.08. The van der Waals surface area contributed by atoms with Crippen molar-refractivity contribution in [2.75, 3.05) is 19.6 Å². The zero-order valence-electron chi connectivity index (χ0n) is 7.06. The minimum atomic E-state index is 0.728. The molecule has 10 heavy (non-hydrogen) atoms. The van der Waals surface area contributed by atoms with Crippen molar-refractivity contribution in [2.24, 2.45) is 5.92 Å². The lowest BCUT2D eigenvalue weighted by molar-refractivity contribution is 0.330. The number of hydrogen-bond acceptors (Lipinski definition) is 1.